The summed E-state index contributed by atoms with van der Waals surface area (Å²) < 4.78 is 10.5. The Morgan fingerprint density at radius 2 is 1.67 bits per heavy atom. The number of nitriles is 1. The first-order chi connectivity index (χ1) is 7.22. The van der Waals surface area contributed by atoms with Gasteiger partial charge in [0.15, 0.2) is 0 Å². The van der Waals surface area contributed by atoms with Crippen molar-refractivity contribution in [2.75, 3.05) is 13.2 Å². The first-order valence-corrected chi connectivity index (χ1v) is 4.78. The van der Waals surface area contributed by atoms with Crippen molar-refractivity contribution in [2.24, 2.45) is 0 Å². The van der Waals surface area contributed by atoms with E-state index < -0.39 is 0 Å². The van der Waals surface area contributed by atoms with Crippen molar-refractivity contribution >= 4 is 5.69 Å². The van der Waals surface area contributed by atoms with Crippen LogP contribution in [0, 0.1) is 11.3 Å². The Morgan fingerprint density at radius 3 is 2.00 bits per heavy atom. The Kier molecular flexibility index (Phi) is 3.81. The highest BCUT2D eigenvalue weighted by Crippen LogP contribution is 2.34. The largest absolute Gasteiger partial charge is 0.491 e. The van der Waals surface area contributed by atoms with E-state index in [9.17, 15) is 0 Å². The third kappa shape index (κ3) is 2.53. The van der Waals surface area contributed by atoms with Crippen LogP contribution >= 0.6 is 0 Å². The normalized spacial score (nSPS) is 9.40. The molecule has 0 bridgehead atoms. The van der Waals surface area contributed by atoms with Crippen LogP contribution in [-0.2, 0) is 0 Å². The molecule has 1 rings (SSSR count). The second kappa shape index (κ2) is 5.11. The molecule has 4 heteroatoms. The third-order valence-corrected chi connectivity index (χ3v) is 1.79. The number of rotatable bonds is 4. The molecule has 79 valence electrons. The van der Waals surface area contributed by atoms with Crippen LogP contribution in [0.4, 0.5) is 5.69 Å². The molecule has 0 unspecified atom stereocenters. The molecule has 0 heterocycles. The van der Waals surface area contributed by atoms with Crippen molar-refractivity contribution in [3.05, 3.63) is 17.7 Å². The molecule has 0 aliphatic carbocycles. The van der Waals surface area contributed by atoms with Gasteiger partial charge < -0.3 is 9.47 Å². The highest BCUT2D eigenvalue weighted by molar-refractivity contribution is 5.63. The lowest BCUT2D eigenvalue weighted by atomic mass is 10.2. The summed E-state index contributed by atoms with van der Waals surface area (Å²) in [5.41, 5.74) is 8.40. The molecule has 4 nitrogen and oxygen atoms in total. The fourth-order valence-electron chi connectivity index (χ4n) is 1.19. The van der Waals surface area contributed by atoms with Crippen LogP contribution < -0.4 is 15.2 Å². The summed E-state index contributed by atoms with van der Waals surface area (Å²) in [4.78, 5) is 0. The van der Waals surface area contributed by atoms with E-state index in [0.29, 0.717) is 30.3 Å². The first-order valence-electron chi connectivity index (χ1n) is 4.78. The summed E-state index contributed by atoms with van der Waals surface area (Å²) >= 11 is 0. The SMILES string of the molecule is CCOc1cc(C#N)cc(OCC)c1[NH]. The van der Waals surface area contributed by atoms with E-state index >= 15 is 0 Å². The van der Waals surface area contributed by atoms with Crippen molar-refractivity contribution in [3.8, 4) is 17.6 Å². The number of ether oxygens (including phenoxy) is 2. The average molecular weight is 205 g/mol. The number of benzene rings is 1. The van der Waals surface area contributed by atoms with Crippen LogP contribution in [0.1, 0.15) is 19.4 Å². The molecule has 1 aromatic rings. The summed E-state index contributed by atoms with van der Waals surface area (Å²) in [6, 6.07) is 5.11. The fourth-order valence-corrected chi connectivity index (χ4v) is 1.19. The Labute approximate surface area is 89.2 Å². The number of nitrogens with zero attached hydrogens (tertiary/aromatic N) is 1. The fraction of sp³-hybridized carbons (Fsp3) is 0.364. The van der Waals surface area contributed by atoms with E-state index in [0.717, 1.165) is 0 Å². The van der Waals surface area contributed by atoms with E-state index in [1.807, 2.05) is 19.9 Å². The van der Waals surface area contributed by atoms with Gasteiger partial charge in [-0.1, -0.05) is 0 Å². The van der Waals surface area contributed by atoms with Gasteiger partial charge in [0.05, 0.1) is 24.8 Å². The molecule has 15 heavy (non-hydrogen) atoms. The van der Waals surface area contributed by atoms with E-state index in [1.54, 1.807) is 12.1 Å². The van der Waals surface area contributed by atoms with Crippen LogP contribution in [-0.4, -0.2) is 13.2 Å². The molecule has 0 saturated heterocycles. The Hall–Kier alpha value is -1.89. The Bertz CT molecular complexity index is 356. The van der Waals surface area contributed by atoms with Gasteiger partial charge in [0.1, 0.15) is 17.2 Å². The number of nitrogens with one attached hydrogen (secondary N) is 1. The third-order valence-electron chi connectivity index (χ3n) is 1.79. The standard InChI is InChI=1S/C11H13N2O2/c1-3-14-9-5-8(7-12)6-10(11(9)13)15-4-2/h5-6,13H,3-4H2,1-2H3. The molecule has 0 atom stereocenters. The molecular formula is C11H13N2O2. The van der Waals surface area contributed by atoms with Gasteiger partial charge in [0, 0.05) is 12.1 Å². The van der Waals surface area contributed by atoms with Crippen molar-refractivity contribution < 1.29 is 9.47 Å². The Balaban J connectivity index is 3.15. The molecular weight excluding hydrogens is 192 g/mol. The molecule has 0 saturated carbocycles. The van der Waals surface area contributed by atoms with E-state index in [-0.39, 0.29) is 5.69 Å². The van der Waals surface area contributed by atoms with Crippen molar-refractivity contribution in [3.63, 3.8) is 0 Å². The molecule has 0 spiro atoms. The summed E-state index contributed by atoms with van der Waals surface area (Å²) in [7, 11) is 0. The van der Waals surface area contributed by atoms with Gasteiger partial charge in [-0.05, 0) is 13.8 Å². The van der Waals surface area contributed by atoms with Gasteiger partial charge in [0.2, 0.25) is 0 Å². The number of hydrogen-bond acceptors (Lipinski definition) is 3. The monoisotopic (exact) mass is 205 g/mol. The van der Waals surface area contributed by atoms with Crippen molar-refractivity contribution in [1.29, 1.82) is 5.26 Å². The van der Waals surface area contributed by atoms with Crippen LogP contribution in [0.2, 0.25) is 0 Å². The highest BCUT2D eigenvalue weighted by Gasteiger charge is 2.10. The maximum absolute atomic E-state index is 8.79. The predicted octanol–water partition coefficient (Wildman–Crippen LogP) is 2.27. The topological polar surface area (TPSA) is 66.0 Å². The summed E-state index contributed by atoms with van der Waals surface area (Å²) in [5, 5.41) is 8.79. The van der Waals surface area contributed by atoms with Crippen LogP contribution in [0.5, 0.6) is 11.5 Å². The molecule has 1 radical (unpaired) electrons. The Morgan fingerprint density at radius 1 is 1.20 bits per heavy atom. The maximum Gasteiger partial charge on any atom is 0.149 e. The van der Waals surface area contributed by atoms with E-state index in [4.69, 9.17) is 20.5 Å². The highest BCUT2D eigenvalue weighted by atomic mass is 16.5. The molecule has 0 aromatic heterocycles. The summed E-state index contributed by atoms with van der Waals surface area (Å²) in [6.07, 6.45) is 0. The van der Waals surface area contributed by atoms with Crippen molar-refractivity contribution in [1.82, 2.24) is 5.73 Å². The van der Waals surface area contributed by atoms with Crippen LogP contribution in [0.15, 0.2) is 12.1 Å². The molecule has 0 aliphatic rings. The zero-order chi connectivity index (χ0) is 11.3. The minimum absolute atomic E-state index is 0.192. The quantitative estimate of drug-likeness (QED) is 0.757. The molecule has 1 aromatic carbocycles. The summed E-state index contributed by atoms with van der Waals surface area (Å²) in [6.45, 7) is 4.59. The number of hydrogen-bond donors (Lipinski definition) is 0. The van der Waals surface area contributed by atoms with Gasteiger partial charge >= 0.3 is 0 Å². The van der Waals surface area contributed by atoms with Crippen LogP contribution in [0.25, 0.3) is 0 Å². The first kappa shape index (κ1) is 11.2. The van der Waals surface area contributed by atoms with Gasteiger partial charge in [-0.2, -0.15) is 5.26 Å². The minimum Gasteiger partial charge on any atom is -0.491 e. The predicted molar refractivity (Wildman–Crippen MR) is 56.3 cm³/mol. The van der Waals surface area contributed by atoms with Gasteiger partial charge in [0.25, 0.3) is 0 Å². The van der Waals surface area contributed by atoms with E-state index in [1.165, 1.54) is 0 Å². The smallest absolute Gasteiger partial charge is 0.149 e. The zero-order valence-corrected chi connectivity index (χ0v) is 8.83. The lowest BCUT2D eigenvalue weighted by Crippen LogP contribution is -1.98. The minimum atomic E-state index is 0.192. The van der Waals surface area contributed by atoms with E-state index in [2.05, 4.69) is 0 Å². The molecule has 0 fully saturated rings. The zero-order valence-electron chi connectivity index (χ0n) is 8.83. The average Bonchev–Trinajstić information content (AvgIpc) is 2.24. The lowest BCUT2D eigenvalue weighted by molar-refractivity contribution is 0.325. The molecule has 1 N–H and O–H groups in total. The van der Waals surface area contributed by atoms with Gasteiger partial charge in [-0.25, -0.2) is 0 Å². The van der Waals surface area contributed by atoms with Gasteiger partial charge in [-0.3, -0.25) is 5.73 Å². The molecule has 0 amide bonds. The second-order valence-electron chi connectivity index (χ2n) is 2.83. The van der Waals surface area contributed by atoms with Crippen molar-refractivity contribution in [2.45, 2.75) is 13.8 Å². The van der Waals surface area contributed by atoms with Crippen LogP contribution in [0.3, 0.4) is 0 Å². The second-order valence-corrected chi connectivity index (χ2v) is 2.83. The van der Waals surface area contributed by atoms with Gasteiger partial charge in [-0.15, -0.1) is 0 Å². The maximum atomic E-state index is 8.79. The lowest BCUT2D eigenvalue weighted by Gasteiger charge is -2.11. The molecule has 0 aliphatic heterocycles. The summed E-state index contributed by atoms with van der Waals surface area (Å²) in [5.74, 6) is 0.778.